The molecule has 0 atom stereocenters. The van der Waals surface area contributed by atoms with Crippen molar-refractivity contribution >= 4 is 11.1 Å². The Labute approximate surface area is 115 Å². The van der Waals surface area contributed by atoms with E-state index >= 15 is 0 Å². The fourth-order valence-electron chi connectivity index (χ4n) is 2.03. The molecular formula is C14H17F3N2O. The SMILES string of the molecule is NCCCCCCc1nc2cc(C(F)(F)F)ccc2o1. The Balaban J connectivity index is 2.02. The molecule has 1 aromatic carbocycles. The predicted octanol–water partition coefficient (Wildman–Crippen LogP) is 3.91. The molecule has 0 unspecified atom stereocenters. The van der Waals surface area contributed by atoms with E-state index in [0.717, 1.165) is 37.8 Å². The van der Waals surface area contributed by atoms with Crippen LogP contribution in [0.4, 0.5) is 13.2 Å². The van der Waals surface area contributed by atoms with Crippen molar-refractivity contribution in [3.8, 4) is 0 Å². The van der Waals surface area contributed by atoms with Gasteiger partial charge in [-0.15, -0.1) is 0 Å². The van der Waals surface area contributed by atoms with Crippen molar-refractivity contribution in [2.75, 3.05) is 6.54 Å². The number of aryl methyl sites for hydroxylation is 1. The first-order chi connectivity index (χ1) is 9.50. The summed E-state index contributed by atoms with van der Waals surface area (Å²) >= 11 is 0. The lowest BCUT2D eigenvalue weighted by Crippen LogP contribution is -2.03. The van der Waals surface area contributed by atoms with Gasteiger partial charge in [0.15, 0.2) is 11.5 Å². The number of oxazole rings is 1. The maximum Gasteiger partial charge on any atom is 0.416 e. The van der Waals surface area contributed by atoms with Gasteiger partial charge in [0, 0.05) is 6.42 Å². The number of rotatable bonds is 6. The van der Waals surface area contributed by atoms with Gasteiger partial charge in [0.2, 0.25) is 0 Å². The number of halogens is 3. The summed E-state index contributed by atoms with van der Waals surface area (Å²) in [6.45, 7) is 0.684. The summed E-state index contributed by atoms with van der Waals surface area (Å²) in [5, 5.41) is 0. The minimum absolute atomic E-state index is 0.261. The molecule has 2 rings (SSSR count). The Bertz CT molecular complexity index is 563. The molecule has 0 radical (unpaired) electrons. The minimum Gasteiger partial charge on any atom is -0.441 e. The number of unbranched alkanes of at least 4 members (excludes halogenated alkanes) is 3. The maximum absolute atomic E-state index is 12.6. The highest BCUT2D eigenvalue weighted by atomic mass is 19.4. The Kier molecular flexibility index (Phi) is 4.65. The molecule has 0 aliphatic rings. The second-order valence-electron chi connectivity index (χ2n) is 4.74. The van der Waals surface area contributed by atoms with Crippen LogP contribution in [0, 0.1) is 0 Å². The van der Waals surface area contributed by atoms with Crippen LogP contribution in [0.5, 0.6) is 0 Å². The van der Waals surface area contributed by atoms with E-state index < -0.39 is 11.7 Å². The molecule has 1 heterocycles. The third kappa shape index (κ3) is 3.72. The molecule has 0 saturated heterocycles. The zero-order valence-electron chi connectivity index (χ0n) is 11.0. The van der Waals surface area contributed by atoms with E-state index in [1.165, 1.54) is 6.07 Å². The van der Waals surface area contributed by atoms with Gasteiger partial charge >= 0.3 is 6.18 Å². The number of hydrogen-bond acceptors (Lipinski definition) is 3. The van der Waals surface area contributed by atoms with E-state index in [1.807, 2.05) is 0 Å². The molecule has 0 aliphatic carbocycles. The third-order valence-corrected chi connectivity index (χ3v) is 3.10. The van der Waals surface area contributed by atoms with Crippen molar-refractivity contribution in [2.45, 2.75) is 38.3 Å². The summed E-state index contributed by atoms with van der Waals surface area (Å²) < 4.78 is 43.2. The molecule has 0 spiro atoms. The highest BCUT2D eigenvalue weighted by Gasteiger charge is 2.30. The largest absolute Gasteiger partial charge is 0.441 e. The molecule has 2 aromatic rings. The fraction of sp³-hybridized carbons (Fsp3) is 0.500. The van der Waals surface area contributed by atoms with E-state index in [9.17, 15) is 13.2 Å². The molecule has 0 amide bonds. The average molecular weight is 286 g/mol. The van der Waals surface area contributed by atoms with Crippen LogP contribution < -0.4 is 5.73 Å². The normalized spacial score (nSPS) is 12.2. The molecule has 110 valence electrons. The molecule has 3 nitrogen and oxygen atoms in total. The lowest BCUT2D eigenvalue weighted by Gasteiger charge is -2.04. The zero-order chi connectivity index (χ0) is 14.6. The van der Waals surface area contributed by atoms with Gasteiger partial charge in [-0.1, -0.05) is 12.8 Å². The van der Waals surface area contributed by atoms with Crippen molar-refractivity contribution in [1.29, 1.82) is 0 Å². The van der Waals surface area contributed by atoms with Crippen LogP contribution in [-0.2, 0) is 12.6 Å². The van der Waals surface area contributed by atoms with Crippen LogP contribution in [-0.4, -0.2) is 11.5 Å². The van der Waals surface area contributed by atoms with E-state index in [4.69, 9.17) is 10.2 Å². The summed E-state index contributed by atoms with van der Waals surface area (Å²) in [4.78, 5) is 4.11. The second-order valence-corrected chi connectivity index (χ2v) is 4.74. The third-order valence-electron chi connectivity index (χ3n) is 3.10. The predicted molar refractivity (Wildman–Crippen MR) is 70.2 cm³/mol. The van der Waals surface area contributed by atoms with Gasteiger partial charge in [-0.2, -0.15) is 13.2 Å². The Morgan fingerprint density at radius 3 is 2.55 bits per heavy atom. The monoisotopic (exact) mass is 286 g/mol. The van der Waals surface area contributed by atoms with Gasteiger partial charge in [-0.3, -0.25) is 0 Å². The summed E-state index contributed by atoms with van der Waals surface area (Å²) in [7, 11) is 0. The van der Waals surface area contributed by atoms with E-state index in [0.29, 0.717) is 24.4 Å². The summed E-state index contributed by atoms with van der Waals surface area (Å²) in [6.07, 6.45) is 0.246. The van der Waals surface area contributed by atoms with Crippen molar-refractivity contribution in [3.05, 3.63) is 29.7 Å². The summed E-state index contributed by atoms with van der Waals surface area (Å²) in [5.41, 5.74) is 5.36. The molecule has 0 aliphatic heterocycles. The quantitative estimate of drug-likeness (QED) is 0.819. The first kappa shape index (κ1) is 14.8. The summed E-state index contributed by atoms with van der Waals surface area (Å²) in [6, 6.07) is 3.36. The minimum atomic E-state index is -4.35. The van der Waals surface area contributed by atoms with Crippen LogP contribution in [0.15, 0.2) is 22.6 Å². The van der Waals surface area contributed by atoms with Crippen LogP contribution in [0.2, 0.25) is 0 Å². The Hall–Kier alpha value is -1.56. The highest BCUT2D eigenvalue weighted by molar-refractivity contribution is 5.73. The number of aromatic nitrogens is 1. The highest BCUT2D eigenvalue weighted by Crippen LogP contribution is 2.31. The van der Waals surface area contributed by atoms with Gasteiger partial charge in [-0.25, -0.2) is 4.98 Å². The topological polar surface area (TPSA) is 52.0 Å². The Morgan fingerprint density at radius 2 is 1.85 bits per heavy atom. The Morgan fingerprint density at radius 1 is 1.10 bits per heavy atom. The summed E-state index contributed by atoms with van der Waals surface area (Å²) in [5.74, 6) is 0.493. The van der Waals surface area contributed by atoms with E-state index in [2.05, 4.69) is 4.98 Å². The molecule has 0 bridgehead atoms. The van der Waals surface area contributed by atoms with Gasteiger partial charge in [0.25, 0.3) is 0 Å². The lowest BCUT2D eigenvalue weighted by atomic mass is 10.1. The number of benzene rings is 1. The fourth-order valence-corrected chi connectivity index (χ4v) is 2.03. The lowest BCUT2D eigenvalue weighted by molar-refractivity contribution is -0.137. The van der Waals surface area contributed by atoms with Crippen LogP contribution in [0.1, 0.15) is 37.1 Å². The van der Waals surface area contributed by atoms with E-state index in [1.54, 1.807) is 0 Å². The molecule has 2 N–H and O–H groups in total. The molecular weight excluding hydrogens is 269 g/mol. The maximum atomic E-state index is 12.6. The van der Waals surface area contributed by atoms with Crippen LogP contribution >= 0.6 is 0 Å². The van der Waals surface area contributed by atoms with Crippen LogP contribution in [0.25, 0.3) is 11.1 Å². The standard InChI is InChI=1S/C14H17F3N2O/c15-14(16,17)10-6-7-12-11(9-10)19-13(20-12)5-3-1-2-4-8-18/h6-7,9H,1-5,8,18H2. The average Bonchev–Trinajstić information content (AvgIpc) is 2.79. The molecule has 20 heavy (non-hydrogen) atoms. The number of alkyl halides is 3. The smallest absolute Gasteiger partial charge is 0.416 e. The van der Waals surface area contributed by atoms with Crippen LogP contribution in [0.3, 0.4) is 0 Å². The number of nitrogens with zero attached hydrogens (tertiary/aromatic N) is 1. The van der Waals surface area contributed by atoms with Gasteiger partial charge in [-0.05, 0) is 37.6 Å². The molecule has 1 aromatic heterocycles. The molecule has 0 saturated carbocycles. The van der Waals surface area contributed by atoms with Crippen molar-refractivity contribution in [2.24, 2.45) is 5.73 Å². The van der Waals surface area contributed by atoms with Crippen molar-refractivity contribution in [3.63, 3.8) is 0 Å². The first-order valence-electron chi connectivity index (χ1n) is 6.67. The molecule has 6 heteroatoms. The number of fused-ring (bicyclic) bond motifs is 1. The van der Waals surface area contributed by atoms with Gasteiger partial charge in [0.1, 0.15) is 5.52 Å². The van der Waals surface area contributed by atoms with Gasteiger partial charge < -0.3 is 10.2 Å². The van der Waals surface area contributed by atoms with E-state index in [-0.39, 0.29) is 5.52 Å². The zero-order valence-corrected chi connectivity index (χ0v) is 11.0. The molecule has 0 fully saturated rings. The van der Waals surface area contributed by atoms with Gasteiger partial charge in [0.05, 0.1) is 5.56 Å². The first-order valence-corrected chi connectivity index (χ1v) is 6.67. The van der Waals surface area contributed by atoms with Crippen molar-refractivity contribution < 1.29 is 17.6 Å². The van der Waals surface area contributed by atoms with Crippen molar-refractivity contribution in [1.82, 2.24) is 4.98 Å². The number of nitrogens with two attached hydrogens (primary N) is 1. The second kappa shape index (κ2) is 6.26. The number of hydrogen-bond donors (Lipinski definition) is 1.